The molecule has 4 unspecified atom stereocenters. The van der Waals surface area contributed by atoms with Crippen LogP contribution in [0.4, 0.5) is 0 Å². The molecule has 2 fully saturated rings. The van der Waals surface area contributed by atoms with Gasteiger partial charge in [0.25, 0.3) is 0 Å². The first kappa shape index (κ1) is 15.8. The van der Waals surface area contributed by atoms with Crippen LogP contribution in [-0.2, 0) is 18.8 Å². The maximum Gasteiger partial charge on any atom is 0.400 e. The summed E-state index contributed by atoms with van der Waals surface area (Å²) in [6.07, 6.45) is 5.83. The third-order valence-corrected chi connectivity index (χ3v) is 5.69. The second-order valence-electron chi connectivity index (χ2n) is 5.28. The molecule has 0 aromatic rings. The first-order valence-corrected chi connectivity index (χ1v) is 9.08. The molecule has 2 rings (SSSR count). The third-order valence-electron chi connectivity index (χ3n) is 3.73. The Bertz CT molecular complexity index is 357. The fourth-order valence-electron chi connectivity index (χ4n) is 2.65. The number of halogens is 2. The van der Waals surface area contributed by atoms with Crippen molar-refractivity contribution in [3.8, 4) is 0 Å². The first-order chi connectivity index (χ1) is 8.98. The van der Waals surface area contributed by atoms with Gasteiger partial charge in [-0.1, -0.05) is 25.7 Å². The summed E-state index contributed by atoms with van der Waals surface area (Å²) < 4.78 is 34.0. The zero-order valence-corrected chi connectivity index (χ0v) is 13.1. The predicted octanol–water partition coefficient (Wildman–Crippen LogP) is 3.36. The van der Waals surface area contributed by atoms with Gasteiger partial charge in [-0.05, 0) is 25.7 Å². The van der Waals surface area contributed by atoms with Gasteiger partial charge in [-0.25, -0.2) is 8.37 Å². The molecule has 7 heteroatoms. The molecule has 112 valence electrons. The van der Waals surface area contributed by atoms with Crippen molar-refractivity contribution in [1.29, 1.82) is 0 Å². The van der Waals surface area contributed by atoms with E-state index in [2.05, 4.69) is 0 Å². The van der Waals surface area contributed by atoms with E-state index in [1.165, 1.54) is 0 Å². The molecule has 2 aliphatic carbocycles. The van der Waals surface area contributed by atoms with Gasteiger partial charge in [-0.2, -0.15) is 8.42 Å². The van der Waals surface area contributed by atoms with Crippen LogP contribution in [0.25, 0.3) is 0 Å². The largest absolute Gasteiger partial charge is 0.400 e. The fourth-order valence-corrected chi connectivity index (χ4v) is 4.54. The zero-order chi connectivity index (χ0) is 13.9. The molecule has 0 spiro atoms. The lowest BCUT2D eigenvalue weighted by Gasteiger charge is -2.29. The SMILES string of the molecule is O=S(=O)(OC1CCCCC1Cl)OC1CCCCC1Cl. The predicted molar refractivity (Wildman–Crippen MR) is 74.9 cm³/mol. The minimum absolute atomic E-state index is 0.259. The topological polar surface area (TPSA) is 52.6 Å². The first-order valence-electron chi connectivity index (χ1n) is 6.87. The molecule has 0 bridgehead atoms. The van der Waals surface area contributed by atoms with E-state index >= 15 is 0 Å². The summed E-state index contributed by atoms with van der Waals surface area (Å²) in [5.74, 6) is 0. The van der Waals surface area contributed by atoms with Crippen LogP contribution >= 0.6 is 23.2 Å². The van der Waals surface area contributed by atoms with Crippen molar-refractivity contribution in [3.63, 3.8) is 0 Å². The zero-order valence-electron chi connectivity index (χ0n) is 10.8. The molecule has 2 saturated carbocycles. The van der Waals surface area contributed by atoms with Gasteiger partial charge in [0.15, 0.2) is 0 Å². The molecule has 2 aliphatic rings. The van der Waals surface area contributed by atoms with Crippen LogP contribution < -0.4 is 0 Å². The summed E-state index contributed by atoms with van der Waals surface area (Å²) in [5, 5.41) is -0.518. The molecule has 0 aromatic carbocycles. The fraction of sp³-hybridized carbons (Fsp3) is 1.00. The maximum absolute atomic E-state index is 11.9. The lowest BCUT2D eigenvalue weighted by Crippen LogP contribution is -2.35. The van der Waals surface area contributed by atoms with Gasteiger partial charge in [0.2, 0.25) is 0 Å². The molecule has 4 atom stereocenters. The molecule has 0 radical (unpaired) electrons. The van der Waals surface area contributed by atoms with Gasteiger partial charge in [0.05, 0.1) is 23.0 Å². The number of alkyl halides is 2. The molecular weight excluding hydrogens is 311 g/mol. The molecule has 0 saturated heterocycles. The monoisotopic (exact) mass is 330 g/mol. The third kappa shape index (κ3) is 4.74. The van der Waals surface area contributed by atoms with Crippen molar-refractivity contribution < 1.29 is 16.8 Å². The lowest BCUT2D eigenvalue weighted by molar-refractivity contribution is 0.0917. The second kappa shape index (κ2) is 6.94. The van der Waals surface area contributed by atoms with E-state index in [4.69, 9.17) is 31.6 Å². The van der Waals surface area contributed by atoms with Crippen molar-refractivity contribution in [2.24, 2.45) is 0 Å². The van der Waals surface area contributed by atoms with Crippen LogP contribution in [0.5, 0.6) is 0 Å². The molecule has 0 aromatic heterocycles. The van der Waals surface area contributed by atoms with Gasteiger partial charge in [-0.15, -0.1) is 23.2 Å². The van der Waals surface area contributed by atoms with Crippen molar-refractivity contribution in [3.05, 3.63) is 0 Å². The Kier molecular flexibility index (Phi) is 5.78. The van der Waals surface area contributed by atoms with Gasteiger partial charge in [-0.3, -0.25) is 0 Å². The van der Waals surface area contributed by atoms with E-state index in [-0.39, 0.29) is 10.8 Å². The molecule has 0 heterocycles. The van der Waals surface area contributed by atoms with Gasteiger partial charge in [0.1, 0.15) is 0 Å². The van der Waals surface area contributed by atoms with E-state index in [9.17, 15) is 8.42 Å². The smallest absolute Gasteiger partial charge is 0.243 e. The number of hydrogen-bond donors (Lipinski definition) is 0. The van der Waals surface area contributed by atoms with E-state index in [1.54, 1.807) is 0 Å². The highest BCUT2D eigenvalue weighted by Crippen LogP contribution is 2.30. The molecule has 4 nitrogen and oxygen atoms in total. The van der Waals surface area contributed by atoms with E-state index in [0.717, 1.165) is 38.5 Å². The Labute approximate surface area is 125 Å². The Balaban J connectivity index is 1.90. The average Bonchev–Trinajstić information content (AvgIpc) is 2.35. The molecule has 0 N–H and O–H groups in total. The molecule has 19 heavy (non-hydrogen) atoms. The average molecular weight is 331 g/mol. The number of rotatable bonds is 4. The molecular formula is C12H20Cl2O4S. The van der Waals surface area contributed by atoms with Crippen LogP contribution in [0, 0.1) is 0 Å². The van der Waals surface area contributed by atoms with Crippen LogP contribution in [0.15, 0.2) is 0 Å². The van der Waals surface area contributed by atoms with E-state index in [0.29, 0.717) is 12.8 Å². The highest BCUT2D eigenvalue weighted by atomic mass is 35.5. The Morgan fingerprint density at radius 3 is 1.47 bits per heavy atom. The summed E-state index contributed by atoms with van der Waals surface area (Å²) in [5.41, 5.74) is 0. The van der Waals surface area contributed by atoms with Gasteiger partial charge >= 0.3 is 10.4 Å². The van der Waals surface area contributed by atoms with Crippen LogP contribution in [0.2, 0.25) is 0 Å². The van der Waals surface area contributed by atoms with Crippen LogP contribution in [-0.4, -0.2) is 31.4 Å². The van der Waals surface area contributed by atoms with E-state index < -0.39 is 22.6 Å². The molecule has 0 amide bonds. The highest BCUT2D eigenvalue weighted by Gasteiger charge is 2.33. The highest BCUT2D eigenvalue weighted by molar-refractivity contribution is 7.81. The van der Waals surface area contributed by atoms with Crippen molar-refractivity contribution in [2.75, 3.05) is 0 Å². The van der Waals surface area contributed by atoms with E-state index in [1.807, 2.05) is 0 Å². The Morgan fingerprint density at radius 2 is 1.11 bits per heavy atom. The Morgan fingerprint density at radius 1 is 0.737 bits per heavy atom. The lowest BCUT2D eigenvalue weighted by atomic mass is 9.97. The summed E-state index contributed by atoms with van der Waals surface area (Å²) in [4.78, 5) is 0. The van der Waals surface area contributed by atoms with Crippen molar-refractivity contribution in [1.82, 2.24) is 0 Å². The number of hydrogen-bond acceptors (Lipinski definition) is 4. The minimum Gasteiger partial charge on any atom is -0.243 e. The van der Waals surface area contributed by atoms with Crippen molar-refractivity contribution in [2.45, 2.75) is 74.3 Å². The van der Waals surface area contributed by atoms with Crippen LogP contribution in [0.1, 0.15) is 51.4 Å². The van der Waals surface area contributed by atoms with Crippen LogP contribution in [0.3, 0.4) is 0 Å². The summed E-state index contributed by atoms with van der Waals surface area (Å²) >= 11 is 12.2. The van der Waals surface area contributed by atoms with Gasteiger partial charge in [0, 0.05) is 0 Å². The summed E-state index contributed by atoms with van der Waals surface area (Å²) in [6.45, 7) is 0. The maximum atomic E-state index is 11.9. The standard InChI is InChI=1S/C12H20Cl2O4S/c13-9-5-1-3-7-11(9)17-19(15,16)18-12-8-4-2-6-10(12)14/h9-12H,1-8H2. The molecule has 0 aliphatic heterocycles. The minimum atomic E-state index is -4.02. The van der Waals surface area contributed by atoms with Crippen molar-refractivity contribution >= 4 is 33.6 Å². The Hall–Kier alpha value is 0.450. The summed E-state index contributed by atoms with van der Waals surface area (Å²) in [7, 11) is -4.02. The normalized spacial score (nSPS) is 37.2. The second-order valence-corrected chi connectivity index (χ2v) is 7.60. The van der Waals surface area contributed by atoms with Gasteiger partial charge < -0.3 is 0 Å². The quantitative estimate of drug-likeness (QED) is 0.741. The summed E-state index contributed by atoms with van der Waals surface area (Å²) in [6, 6.07) is 0.